The first-order chi connectivity index (χ1) is 5.72. The number of carboxylic acid groups (broad SMARTS) is 2. The molecule has 6 nitrogen and oxygen atoms in total. The molecule has 0 spiro atoms. The van der Waals surface area contributed by atoms with Crippen LogP contribution in [0.5, 0.6) is 0 Å². The summed E-state index contributed by atoms with van der Waals surface area (Å²) in [4.78, 5) is 38.1. The minimum absolute atomic E-state index is 0.579. The lowest BCUT2D eigenvalue weighted by atomic mass is 10.1. The molecule has 0 saturated carbocycles. The van der Waals surface area contributed by atoms with Gasteiger partial charge in [-0.2, -0.15) is 0 Å². The van der Waals surface area contributed by atoms with E-state index in [2.05, 4.69) is 11.8 Å². The molecule has 13 heavy (non-hydrogen) atoms. The van der Waals surface area contributed by atoms with E-state index in [0.717, 1.165) is 0 Å². The van der Waals surface area contributed by atoms with E-state index in [-0.39, 0.29) is 0 Å². The monoisotopic (exact) mass is 228 g/mol. The smallest absolute Gasteiger partial charge is 0.307 e. The number of hydrogen-bond acceptors (Lipinski definition) is 3. The largest absolute Gasteiger partial charge is 0.481 e. The summed E-state index contributed by atoms with van der Waals surface area (Å²) in [6.07, 6.45) is -1.24. The average Bonchev–Trinajstić information content (AvgIpc) is 1.81. The fourth-order valence-electron chi connectivity index (χ4n) is 0.728. The Morgan fingerprint density at radius 1 is 1.31 bits per heavy atom. The van der Waals surface area contributed by atoms with Gasteiger partial charge in [-0.15, -0.1) is 0 Å². The zero-order valence-electron chi connectivity index (χ0n) is 6.45. The van der Waals surface area contributed by atoms with Gasteiger partial charge in [0.1, 0.15) is 0 Å². The molecule has 0 radical (unpaired) electrons. The molecule has 1 atom stereocenters. The van der Waals surface area contributed by atoms with Gasteiger partial charge in [0.05, 0.1) is 12.3 Å². The molecule has 0 aromatic carbocycles. The topological polar surface area (TPSA) is 115 Å². The van der Waals surface area contributed by atoms with Gasteiger partial charge < -0.3 is 20.0 Å². The van der Waals surface area contributed by atoms with Crippen molar-refractivity contribution in [2.75, 3.05) is 6.16 Å². The number of hydrogen-bond donors (Lipinski definition) is 4. The zero-order chi connectivity index (χ0) is 10.6. The first-order valence-electron chi connectivity index (χ1n) is 3.21. The van der Waals surface area contributed by atoms with Gasteiger partial charge in [0, 0.05) is 6.16 Å². The zero-order valence-corrected chi connectivity index (χ0v) is 8.16. The highest BCUT2D eigenvalue weighted by Crippen LogP contribution is 2.38. The van der Waals surface area contributed by atoms with Crippen molar-refractivity contribution >= 4 is 30.2 Å². The lowest BCUT2D eigenvalue weighted by molar-refractivity contribution is -0.147. The highest BCUT2D eigenvalue weighted by Gasteiger charge is 2.26. The first-order valence-corrected chi connectivity index (χ1v) is 6.11. The van der Waals surface area contributed by atoms with E-state index >= 15 is 0 Å². The molecule has 0 aromatic rings. The first kappa shape index (κ1) is 12.5. The molecule has 76 valence electrons. The van der Waals surface area contributed by atoms with Crippen molar-refractivity contribution in [1.29, 1.82) is 0 Å². The van der Waals surface area contributed by atoms with Crippen LogP contribution in [0.3, 0.4) is 0 Å². The summed E-state index contributed by atoms with van der Waals surface area (Å²) in [7, 11) is 0. The molecule has 0 amide bonds. The Balaban J connectivity index is 4.36. The fourth-order valence-corrected chi connectivity index (χ4v) is 2.13. The summed E-state index contributed by atoms with van der Waals surface area (Å²) >= 11 is 4.20. The fraction of sp³-hybridized carbons (Fsp3) is 0.600. The van der Waals surface area contributed by atoms with Gasteiger partial charge in [-0.05, 0) is 11.8 Å². The van der Waals surface area contributed by atoms with Gasteiger partial charge in [-0.25, -0.2) is 0 Å². The van der Waals surface area contributed by atoms with Crippen LogP contribution in [0.4, 0.5) is 0 Å². The molecule has 0 aliphatic heterocycles. The number of rotatable bonds is 5. The standard InChI is InChI=1S/C5H9O6PS/c6-4(7)1-3(5(8)9)2-12(10,11)13/h3H,1-2H2,(H,6,7)(H,8,9)(H2,10,11,13). The number of aliphatic carboxylic acids is 2. The van der Waals surface area contributed by atoms with E-state index in [1.807, 2.05) is 0 Å². The Morgan fingerprint density at radius 3 is 2.00 bits per heavy atom. The third kappa shape index (κ3) is 6.65. The van der Waals surface area contributed by atoms with E-state index in [4.69, 9.17) is 20.0 Å². The highest BCUT2D eigenvalue weighted by molar-refractivity contribution is 8.09. The quantitative estimate of drug-likeness (QED) is 0.467. The molecule has 0 bridgehead atoms. The van der Waals surface area contributed by atoms with Crippen LogP contribution >= 0.6 is 6.49 Å². The summed E-state index contributed by atoms with van der Waals surface area (Å²) in [6.45, 7) is -3.64. The second-order valence-electron chi connectivity index (χ2n) is 2.48. The van der Waals surface area contributed by atoms with Gasteiger partial charge in [-0.3, -0.25) is 9.59 Å². The van der Waals surface area contributed by atoms with Crippen LogP contribution in [0.2, 0.25) is 0 Å². The Morgan fingerprint density at radius 2 is 1.77 bits per heavy atom. The van der Waals surface area contributed by atoms with Crippen LogP contribution in [0, 0.1) is 5.92 Å². The Labute approximate surface area is 79.0 Å². The van der Waals surface area contributed by atoms with Crippen molar-refractivity contribution in [2.24, 2.45) is 5.92 Å². The lowest BCUT2D eigenvalue weighted by Gasteiger charge is -2.12. The Kier molecular flexibility index (Phi) is 4.49. The molecule has 0 saturated heterocycles. The predicted molar refractivity (Wildman–Crippen MR) is 47.0 cm³/mol. The summed E-state index contributed by atoms with van der Waals surface area (Å²) < 4.78 is 0. The van der Waals surface area contributed by atoms with E-state index in [1.165, 1.54) is 0 Å². The van der Waals surface area contributed by atoms with Crippen molar-refractivity contribution < 1.29 is 29.6 Å². The second kappa shape index (κ2) is 4.66. The summed E-state index contributed by atoms with van der Waals surface area (Å²) in [6, 6.07) is 0. The van der Waals surface area contributed by atoms with Crippen LogP contribution in [0.1, 0.15) is 6.42 Å². The van der Waals surface area contributed by atoms with Gasteiger partial charge in [0.15, 0.2) is 6.49 Å². The minimum Gasteiger partial charge on any atom is -0.481 e. The third-order valence-corrected chi connectivity index (χ3v) is 2.59. The summed E-state index contributed by atoms with van der Waals surface area (Å²) in [5.41, 5.74) is 0. The van der Waals surface area contributed by atoms with Gasteiger partial charge in [0.2, 0.25) is 0 Å². The molecule has 0 heterocycles. The maximum atomic E-state index is 10.4. The molecule has 4 N–H and O–H groups in total. The van der Waals surface area contributed by atoms with E-state index in [0.29, 0.717) is 0 Å². The van der Waals surface area contributed by atoms with Crippen LogP contribution in [-0.4, -0.2) is 38.1 Å². The summed E-state index contributed by atoms with van der Waals surface area (Å²) in [5.74, 6) is -4.03. The highest BCUT2D eigenvalue weighted by atomic mass is 32.5. The van der Waals surface area contributed by atoms with Crippen LogP contribution in [0.25, 0.3) is 0 Å². The van der Waals surface area contributed by atoms with E-state index < -0.39 is 36.9 Å². The van der Waals surface area contributed by atoms with Crippen molar-refractivity contribution in [3.63, 3.8) is 0 Å². The number of carbonyl (C=O) groups is 2. The molecule has 0 fully saturated rings. The molecular formula is C5H9O6PS. The molecule has 1 unspecified atom stereocenters. The van der Waals surface area contributed by atoms with Gasteiger partial charge >= 0.3 is 11.9 Å². The van der Waals surface area contributed by atoms with Crippen molar-refractivity contribution in [3.8, 4) is 0 Å². The second-order valence-corrected chi connectivity index (χ2v) is 5.93. The van der Waals surface area contributed by atoms with E-state index in [9.17, 15) is 9.59 Å². The summed E-state index contributed by atoms with van der Waals surface area (Å²) in [5, 5.41) is 16.8. The van der Waals surface area contributed by atoms with Crippen molar-refractivity contribution in [2.45, 2.75) is 6.42 Å². The average molecular weight is 228 g/mol. The molecule has 0 rings (SSSR count). The number of carboxylic acids is 2. The minimum atomic E-state index is -3.64. The lowest BCUT2D eigenvalue weighted by Crippen LogP contribution is -2.21. The molecule has 0 aliphatic rings. The third-order valence-electron chi connectivity index (χ3n) is 1.23. The maximum Gasteiger partial charge on any atom is 0.307 e. The normalized spacial score (nSPS) is 13.7. The predicted octanol–water partition coefficient (Wildman–Crippen LogP) is -0.544. The van der Waals surface area contributed by atoms with E-state index in [1.54, 1.807) is 0 Å². The van der Waals surface area contributed by atoms with Crippen LogP contribution < -0.4 is 0 Å². The molecule has 0 aliphatic carbocycles. The molecular weight excluding hydrogens is 219 g/mol. The Hall–Kier alpha value is -0.490. The van der Waals surface area contributed by atoms with Crippen LogP contribution in [0.15, 0.2) is 0 Å². The van der Waals surface area contributed by atoms with Gasteiger partial charge in [-0.1, -0.05) is 0 Å². The van der Waals surface area contributed by atoms with Crippen molar-refractivity contribution in [3.05, 3.63) is 0 Å². The molecule has 0 aromatic heterocycles. The molecule has 8 heteroatoms. The van der Waals surface area contributed by atoms with Crippen molar-refractivity contribution in [1.82, 2.24) is 0 Å². The van der Waals surface area contributed by atoms with Crippen LogP contribution in [-0.2, 0) is 21.4 Å². The Bertz CT molecular complexity index is 258. The SMILES string of the molecule is O=C(O)CC(CP(O)(O)=S)C(=O)O. The maximum absolute atomic E-state index is 10.4. The van der Waals surface area contributed by atoms with Gasteiger partial charge in [0.25, 0.3) is 0 Å².